The van der Waals surface area contributed by atoms with Crippen molar-refractivity contribution in [2.24, 2.45) is 0 Å². The number of nitro benzene ring substituents is 2. The van der Waals surface area contributed by atoms with Crippen molar-refractivity contribution in [1.29, 1.82) is 0 Å². The van der Waals surface area contributed by atoms with Gasteiger partial charge >= 0.3 is 17.6 Å². The lowest BCUT2D eigenvalue weighted by molar-refractivity contribution is -0.395. The van der Waals surface area contributed by atoms with Crippen LogP contribution in [0.3, 0.4) is 0 Å². The van der Waals surface area contributed by atoms with Gasteiger partial charge in [0.15, 0.2) is 0 Å². The molecule has 0 saturated carbocycles. The molecule has 0 radical (unpaired) electrons. The highest BCUT2D eigenvalue weighted by Gasteiger charge is 2.43. The van der Waals surface area contributed by atoms with Gasteiger partial charge in [0.25, 0.3) is 5.75 Å². The SMILES string of the molecule is O=[N+]([O-])c1cc(C(F)(F)F)c(Cl)c([N+](=O)[O-])c1Oc1ccccc1. The Morgan fingerprint density at radius 3 is 2.08 bits per heavy atom. The molecule has 0 spiro atoms. The van der Waals surface area contributed by atoms with Crippen molar-refractivity contribution in [3.05, 3.63) is 67.2 Å². The highest BCUT2D eigenvalue weighted by atomic mass is 35.5. The van der Waals surface area contributed by atoms with E-state index >= 15 is 0 Å². The van der Waals surface area contributed by atoms with Gasteiger partial charge in [0.1, 0.15) is 10.8 Å². The maximum absolute atomic E-state index is 12.9. The van der Waals surface area contributed by atoms with E-state index in [0.29, 0.717) is 0 Å². The second-order valence-corrected chi connectivity index (χ2v) is 4.74. The number of ether oxygens (including phenoxy) is 1. The van der Waals surface area contributed by atoms with Crippen LogP contribution in [-0.2, 0) is 6.18 Å². The number of benzene rings is 2. The van der Waals surface area contributed by atoms with Crippen molar-refractivity contribution in [1.82, 2.24) is 0 Å². The summed E-state index contributed by atoms with van der Waals surface area (Å²) in [6.45, 7) is 0. The Labute approximate surface area is 136 Å². The molecule has 0 atom stereocenters. The van der Waals surface area contributed by atoms with Gasteiger partial charge in [-0.1, -0.05) is 29.8 Å². The lowest BCUT2D eigenvalue weighted by Gasteiger charge is -2.12. The molecule has 0 unspecified atom stereocenters. The normalized spacial score (nSPS) is 11.2. The summed E-state index contributed by atoms with van der Waals surface area (Å²) in [5.74, 6) is -1.02. The van der Waals surface area contributed by atoms with Crippen LogP contribution >= 0.6 is 11.6 Å². The van der Waals surface area contributed by atoms with E-state index in [4.69, 9.17) is 16.3 Å². The molecule has 0 aliphatic rings. The molecular weight excluding hydrogens is 357 g/mol. The molecule has 11 heteroatoms. The van der Waals surface area contributed by atoms with Gasteiger partial charge in [0, 0.05) is 6.07 Å². The third-order valence-corrected chi connectivity index (χ3v) is 3.20. The lowest BCUT2D eigenvalue weighted by Crippen LogP contribution is -2.10. The highest BCUT2D eigenvalue weighted by Crippen LogP contribution is 2.49. The van der Waals surface area contributed by atoms with Crippen molar-refractivity contribution in [2.45, 2.75) is 6.18 Å². The standard InChI is InChI=1S/C13H6ClF3N2O5/c14-10-8(13(15,16)17)6-9(18(20)21)12(11(10)19(22)23)24-7-4-2-1-3-5-7/h1-6H. The Morgan fingerprint density at radius 1 is 1.04 bits per heavy atom. The van der Waals surface area contributed by atoms with Crippen LogP contribution in [0.4, 0.5) is 24.5 Å². The quantitative estimate of drug-likeness (QED) is 0.565. The Balaban J connectivity index is 2.78. The number of rotatable bonds is 4. The monoisotopic (exact) mass is 362 g/mol. The molecule has 0 aliphatic heterocycles. The van der Waals surface area contributed by atoms with E-state index in [-0.39, 0.29) is 11.8 Å². The molecule has 24 heavy (non-hydrogen) atoms. The summed E-state index contributed by atoms with van der Waals surface area (Å²) in [5, 5.41) is 20.9. The third-order valence-electron chi connectivity index (χ3n) is 2.82. The van der Waals surface area contributed by atoms with Crippen LogP contribution in [0.2, 0.25) is 5.02 Å². The van der Waals surface area contributed by atoms with E-state index in [1.54, 1.807) is 6.07 Å². The molecule has 7 nitrogen and oxygen atoms in total. The summed E-state index contributed by atoms with van der Waals surface area (Å²) in [6.07, 6.45) is -5.11. The van der Waals surface area contributed by atoms with E-state index in [0.717, 1.165) is 0 Å². The predicted octanol–water partition coefficient (Wildman–Crippen LogP) is 4.97. The van der Waals surface area contributed by atoms with Crippen molar-refractivity contribution in [3.63, 3.8) is 0 Å². The molecule has 0 N–H and O–H groups in total. The van der Waals surface area contributed by atoms with Crippen molar-refractivity contribution >= 4 is 23.0 Å². The summed E-state index contributed by atoms with van der Waals surface area (Å²) in [7, 11) is 0. The number of halogens is 4. The summed E-state index contributed by atoms with van der Waals surface area (Å²) in [4.78, 5) is 19.7. The van der Waals surface area contributed by atoms with Crippen LogP contribution in [0.25, 0.3) is 0 Å². The summed E-state index contributed by atoms with van der Waals surface area (Å²) >= 11 is 5.47. The number of alkyl halides is 3. The van der Waals surface area contributed by atoms with E-state index in [1.807, 2.05) is 0 Å². The van der Waals surface area contributed by atoms with Gasteiger partial charge < -0.3 is 4.74 Å². The lowest BCUT2D eigenvalue weighted by atomic mass is 10.1. The van der Waals surface area contributed by atoms with Crippen molar-refractivity contribution in [2.75, 3.05) is 0 Å². The Hall–Kier alpha value is -2.88. The number of para-hydroxylation sites is 1. The molecule has 0 saturated heterocycles. The molecular formula is C13H6ClF3N2O5. The first kappa shape index (κ1) is 17.5. The zero-order valence-electron chi connectivity index (χ0n) is 11.4. The minimum Gasteiger partial charge on any atom is -0.444 e. The van der Waals surface area contributed by atoms with Gasteiger partial charge in [0.05, 0.1) is 15.4 Å². The zero-order chi connectivity index (χ0) is 18.1. The van der Waals surface area contributed by atoms with Gasteiger partial charge in [-0.2, -0.15) is 13.2 Å². The molecule has 2 rings (SSSR count). The van der Waals surface area contributed by atoms with Gasteiger partial charge in [-0.05, 0) is 12.1 Å². The second kappa shape index (κ2) is 6.32. The molecule has 0 fully saturated rings. The Bertz CT molecular complexity index is 811. The molecule has 2 aromatic rings. The van der Waals surface area contributed by atoms with E-state index in [2.05, 4.69) is 0 Å². The Morgan fingerprint density at radius 2 is 1.62 bits per heavy atom. The molecule has 0 heterocycles. The molecule has 0 aliphatic carbocycles. The van der Waals surface area contributed by atoms with Crippen LogP contribution in [0.15, 0.2) is 36.4 Å². The average Bonchev–Trinajstić information content (AvgIpc) is 2.46. The maximum atomic E-state index is 12.9. The van der Waals surface area contributed by atoms with E-state index in [1.165, 1.54) is 24.3 Å². The maximum Gasteiger partial charge on any atom is 0.418 e. The number of nitrogens with zero attached hydrogens (tertiary/aromatic N) is 2. The zero-order valence-corrected chi connectivity index (χ0v) is 12.2. The number of hydrogen-bond donors (Lipinski definition) is 0. The minimum absolute atomic E-state index is 0.0421. The fraction of sp³-hybridized carbons (Fsp3) is 0.0769. The molecule has 0 aromatic heterocycles. The highest BCUT2D eigenvalue weighted by molar-refractivity contribution is 6.34. The first-order valence-electron chi connectivity index (χ1n) is 6.08. The van der Waals surface area contributed by atoms with Gasteiger partial charge in [0.2, 0.25) is 0 Å². The fourth-order valence-electron chi connectivity index (χ4n) is 1.83. The molecule has 126 valence electrons. The predicted molar refractivity (Wildman–Crippen MR) is 76.3 cm³/mol. The van der Waals surface area contributed by atoms with E-state index in [9.17, 15) is 33.4 Å². The Kier molecular flexibility index (Phi) is 4.60. The number of hydrogen-bond acceptors (Lipinski definition) is 5. The fourth-order valence-corrected chi connectivity index (χ4v) is 2.14. The van der Waals surface area contributed by atoms with Gasteiger partial charge in [-0.25, -0.2) is 0 Å². The summed E-state index contributed by atoms with van der Waals surface area (Å²) < 4.78 is 43.8. The molecule has 0 amide bonds. The third kappa shape index (κ3) is 3.38. The van der Waals surface area contributed by atoms with E-state index < -0.39 is 43.7 Å². The first-order chi connectivity index (χ1) is 11.1. The van der Waals surface area contributed by atoms with Crippen LogP contribution in [0.1, 0.15) is 5.56 Å². The average molecular weight is 363 g/mol. The summed E-state index contributed by atoms with van der Waals surface area (Å²) in [6, 6.07) is 7.26. The molecule has 2 aromatic carbocycles. The molecule has 0 bridgehead atoms. The summed E-state index contributed by atoms with van der Waals surface area (Å²) in [5.41, 5.74) is -4.24. The topological polar surface area (TPSA) is 95.5 Å². The van der Waals surface area contributed by atoms with Crippen LogP contribution < -0.4 is 4.74 Å². The largest absolute Gasteiger partial charge is 0.444 e. The van der Waals surface area contributed by atoms with Crippen LogP contribution in [-0.4, -0.2) is 9.85 Å². The van der Waals surface area contributed by atoms with Crippen molar-refractivity contribution < 1.29 is 27.8 Å². The minimum atomic E-state index is -5.11. The van der Waals surface area contributed by atoms with Crippen molar-refractivity contribution in [3.8, 4) is 11.5 Å². The second-order valence-electron chi connectivity index (χ2n) is 4.36. The van der Waals surface area contributed by atoms with Crippen LogP contribution in [0, 0.1) is 20.2 Å². The number of nitro groups is 2. The van der Waals surface area contributed by atoms with Gasteiger partial charge in [-0.15, -0.1) is 0 Å². The smallest absolute Gasteiger partial charge is 0.418 e. The first-order valence-corrected chi connectivity index (χ1v) is 6.46. The van der Waals surface area contributed by atoms with Crippen LogP contribution in [0.5, 0.6) is 11.5 Å². The van der Waals surface area contributed by atoms with Gasteiger partial charge in [-0.3, -0.25) is 20.2 Å².